The van der Waals surface area contributed by atoms with Crippen LogP contribution in [-0.4, -0.2) is 74.5 Å². The molecule has 44 heavy (non-hydrogen) atoms. The summed E-state index contributed by atoms with van der Waals surface area (Å²) >= 11 is 0. The second-order valence-corrected chi connectivity index (χ2v) is 11.3. The van der Waals surface area contributed by atoms with Crippen LogP contribution < -0.4 is 19.7 Å². The molecule has 0 unspecified atom stereocenters. The van der Waals surface area contributed by atoms with Gasteiger partial charge in [0.25, 0.3) is 11.8 Å². The summed E-state index contributed by atoms with van der Waals surface area (Å²) in [5.41, 5.74) is 3.75. The van der Waals surface area contributed by atoms with Crippen LogP contribution in [0.25, 0.3) is 0 Å². The van der Waals surface area contributed by atoms with Crippen molar-refractivity contribution in [2.45, 2.75) is 45.2 Å². The zero-order valence-corrected chi connectivity index (χ0v) is 26.0. The highest BCUT2D eigenvalue weighted by molar-refractivity contribution is 6.24. The molecule has 3 aromatic carbocycles. The maximum absolute atomic E-state index is 14.3. The van der Waals surface area contributed by atoms with E-state index in [4.69, 9.17) is 9.47 Å². The predicted molar refractivity (Wildman–Crippen MR) is 170 cm³/mol. The normalized spacial score (nSPS) is 16.5. The number of hydrogen-bond donors (Lipinski definition) is 1. The fourth-order valence-corrected chi connectivity index (χ4v) is 6.28. The number of rotatable bonds is 12. The molecule has 1 fully saturated rings. The average Bonchev–Trinajstić information content (AvgIpc) is 3.33. The number of anilines is 1. The fourth-order valence-electron chi connectivity index (χ4n) is 6.28. The third-order valence-corrected chi connectivity index (χ3v) is 8.81. The van der Waals surface area contributed by atoms with E-state index in [2.05, 4.69) is 46.3 Å². The van der Waals surface area contributed by atoms with Crippen molar-refractivity contribution in [2.75, 3.05) is 51.8 Å². The Hall–Kier alpha value is -4.37. The van der Waals surface area contributed by atoms with Gasteiger partial charge in [0.1, 0.15) is 0 Å². The first-order chi connectivity index (χ1) is 21.4. The van der Waals surface area contributed by atoms with Gasteiger partial charge in [0.05, 0.1) is 37.1 Å². The standard InChI is InChI=1S/C35H42N4O5/c1-5-32(40)36-18-10-15-28(26-16-17-30(43-3)31(23-26)44-4)39-34(41)27-13-9-14-29(33(27)35(39)42)38-21-19-37(20-22-38)24(2)25-11-7-6-8-12-25/h6-9,11-14,16-17,23-24,28H,5,10,15,18-22H2,1-4H3,(H,36,40)/t24-,28-/m1/s1. The lowest BCUT2D eigenvalue weighted by Crippen LogP contribution is -2.47. The van der Waals surface area contributed by atoms with Crippen molar-refractivity contribution in [2.24, 2.45) is 0 Å². The van der Waals surface area contributed by atoms with Crippen LogP contribution in [0.2, 0.25) is 0 Å². The molecule has 0 aliphatic carbocycles. The summed E-state index contributed by atoms with van der Waals surface area (Å²) in [5.74, 6) is 0.458. The maximum atomic E-state index is 14.3. The summed E-state index contributed by atoms with van der Waals surface area (Å²) in [5, 5.41) is 2.90. The maximum Gasteiger partial charge on any atom is 0.264 e. The van der Waals surface area contributed by atoms with Gasteiger partial charge >= 0.3 is 0 Å². The van der Waals surface area contributed by atoms with Crippen molar-refractivity contribution in [1.29, 1.82) is 0 Å². The summed E-state index contributed by atoms with van der Waals surface area (Å²) in [6.07, 6.45) is 1.47. The lowest BCUT2D eigenvalue weighted by atomic mass is 9.99. The van der Waals surface area contributed by atoms with Crippen LogP contribution in [-0.2, 0) is 4.79 Å². The van der Waals surface area contributed by atoms with Crippen molar-refractivity contribution in [1.82, 2.24) is 15.1 Å². The van der Waals surface area contributed by atoms with Gasteiger partial charge in [-0.1, -0.05) is 49.4 Å². The minimum Gasteiger partial charge on any atom is -0.493 e. The summed E-state index contributed by atoms with van der Waals surface area (Å²) < 4.78 is 11.0. The first-order valence-electron chi connectivity index (χ1n) is 15.4. The van der Waals surface area contributed by atoms with E-state index in [0.717, 1.165) is 37.4 Å². The lowest BCUT2D eigenvalue weighted by Gasteiger charge is -2.39. The second kappa shape index (κ2) is 13.9. The molecule has 0 bridgehead atoms. The molecule has 5 rings (SSSR count). The molecular formula is C35H42N4O5. The Bertz CT molecular complexity index is 1490. The van der Waals surface area contributed by atoms with E-state index < -0.39 is 6.04 Å². The minimum absolute atomic E-state index is 0.0312. The SMILES string of the molecule is CCC(=O)NCCC[C@H](c1ccc(OC)c(OC)c1)N1C(=O)c2cccc(N3CCN([C@H](C)c4ccccc4)CC3)c2C1=O. The number of benzene rings is 3. The second-order valence-electron chi connectivity index (χ2n) is 11.3. The minimum atomic E-state index is -0.544. The molecule has 2 atom stereocenters. The van der Waals surface area contributed by atoms with Crippen molar-refractivity contribution in [3.63, 3.8) is 0 Å². The monoisotopic (exact) mass is 598 g/mol. The number of carbonyl (C=O) groups is 3. The van der Waals surface area contributed by atoms with Crippen molar-refractivity contribution in [3.05, 3.63) is 89.0 Å². The van der Waals surface area contributed by atoms with Crippen LogP contribution in [0.3, 0.4) is 0 Å². The number of imide groups is 1. The largest absolute Gasteiger partial charge is 0.493 e. The number of piperazine rings is 1. The molecule has 1 N–H and O–H groups in total. The van der Waals surface area contributed by atoms with Crippen LogP contribution in [0.1, 0.15) is 77.0 Å². The first-order valence-corrected chi connectivity index (χ1v) is 15.4. The highest BCUT2D eigenvalue weighted by Gasteiger charge is 2.43. The van der Waals surface area contributed by atoms with Crippen LogP contribution in [0.5, 0.6) is 11.5 Å². The van der Waals surface area contributed by atoms with Crippen molar-refractivity contribution >= 4 is 23.4 Å². The zero-order chi connectivity index (χ0) is 31.2. The topological polar surface area (TPSA) is 91.4 Å². The third-order valence-electron chi connectivity index (χ3n) is 8.81. The Morgan fingerprint density at radius 1 is 0.864 bits per heavy atom. The molecule has 0 radical (unpaired) electrons. The van der Waals surface area contributed by atoms with Gasteiger partial charge in [-0.25, -0.2) is 0 Å². The molecule has 2 heterocycles. The molecule has 9 heteroatoms. The number of amides is 3. The summed E-state index contributed by atoms with van der Waals surface area (Å²) in [6, 6.07) is 21.3. The number of hydrogen-bond acceptors (Lipinski definition) is 7. The molecule has 9 nitrogen and oxygen atoms in total. The number of fused-ring (bicyclic) bond motifs is 1. The molecule has 0 aromatic heterocycles. The molecule has 3 amide bonds. The average molecular weight is 599 g/mol. The van der Waals surface area contributed by atoms with Gasteiger partial charge in [-0.2, -0.15) is 0 Å². The van der Waals surface area contributed by atoms with Crippen molar-refractivity contribution < 1.29 is 23.9 Å². The van der Waals surface area contributed by atoms with Gasteiger partial charge in [-0.15, -0.1) is 0 Å². The number of nitrogens with zero attached hydrogens (tertiary/aromatic N) is 3. The predicted octanol–water partition coefficient (Wildman–Crippen LogP) is 5.23. The Kier molecular flexibility index (Phi) is 9.85. The number of methoxy groups -OCH3 is 2. The molecule has 2 aliphatic heterocycles. The summed E-state index contributed by atoms with van der Waals surface area (Å²) in [4.78, 5) is 46.1. The van der Waals surface area contributed by atoms with Gasteiger partial charge in [0, 0.05) is 45.2 Å². The van der Waals surface area contributed by atoms with Gasteiger partial charge in [-0.3, -0.25) is 24.2 Å². The molecule has 0 saturated carbocycles. The third kappa shape index (κ3) is 6.28. The van der Waals surface area contributed by atoms with E-state index in [9.17, 15) is 14.4 Å². The molecule has 2 aliphatic rings. The molecule has 1 saturated heterocycles. The smallest absolute Gasteiger partial charge is 0.264 e. The van der Waals surface area contributed by atoms with E-state index in [0.29, 0.717) is 54.5 Å². The van der Waals surface area contributed by atoms with Crippen LogP contribution in [0.4, 0.5) is 5.69 Å². The van der Waals surface area contributed by atoms with E-state index >= 15 is 0 Å². The molecule has 0 spiro atoms. The Morgan fingerprint density at radius 3 is 2.27 bits per heavy atom. The van der Waals surface area contributed by atoms with Gasteiger partial charge in [0.2, 0.25) is 5.91 Å². The highest BCUT2D eigenvalue weighted by atomic mass is 16.5. The van der Waals surface area contributed by atoms with Crippen LogP contribution in [0, 0.1) is 0 Å². The van der Waals surface area contributed by atoms with Crippen molar-refractivity contribution in [3.8, 4) is 11.5 Å². The quantitative estimate of drug-likeness (QED) is 0.226. The molecule has 3 aromatic rings. The van der Waals surface area contributed by atoms with E-state index in [1.807, 2.05) is 37.3 Å². The number of carbonyl (C=O) groups excluding carboxylic acids is 3. The lowest BCUT2D eigenvalue weighted by molar-refractivity contribution is -0.120. The van der Waals surface area contributed by atoms with E-state index in [1.165, 1.54) is 10.5 Å². The summed E-state index contributed by atoms with van der Waals surface area (Å²) in [6.45, 7) is 7.70. The van der Waals surface area contributed by atoms with Gasteiger partial charge in [-0.05, 0) is 55.2 Å². The number of nitrogens with one attached hydrogen (secondary N) is 1. The van der Waals surface area contributed by atoms with Gasteiger partial charge < -0.3 is 19.7 Å². The molecule has 232 valence electrons. The van der Waals surface area contributed by atoms with Crippen LogP contribution >= 0.6 is 0 Å². The first kappa shape index (κ1) is 31.1. The Morgan fingerprint density at radius 2 is 1.59 bits per heavy atom. The van der Waals surface area contributed by atoms with E-state index in [1.54, 1.807) is 26.4 Å². The Balaban J connectivity index is 1.39. The Labute approximate surface area is 259 Å². The molecular weight excluding hydrogens is 556 g/mol. The van der Waals surface area contributed by atoms with Gasteiger partial charge in [0.15, 0.2) is 11.5 Å². The zero-order valence-electron chi connectivity index (χ0n) is 26.0. The van der Waals surface area contributed by atoms with Crippen LogP contribution in [0.15, 0.2) is 66.7 Å². The van der Waals surface area contributed by atoms with E-state index in [-0.39, 0.29) is 17.7 Å². The highest BCUT2D eigenvalue weighted by Crippen LogP contribution is 2.40. The fraction of sp³-hybridized carbons (Fsp3) is 0.400. The summed E-state index contributed by atoms with van der Waals surface area (Å²) in [7, 11) is 3.13. The number of ether oxygens (including phenoxy) is 2.